The lowest BCUT2D eigenvalue weighted by atomic mass is 10.1. The van der Waals surface area contributed by atoms with E-state index in [9.17, 15) is 9.59 Å². The Morgan fingerprint density at radius 1 is 1.32 bits per heavy atom. The molecule has 0 fully saturated rings. The van der Waals surface area contributed by atoms with Gasteiger partial charge in [0.2, 0.25) is 11.8 Å². The average Bonchev–Trinajstić information content (AvgIpc) is 2.30. The third kappa shape index (κ3) is 6.01. The van der Waals surface area contributed by atoms with Crippen molar-refractivity contribution in [3.63, 3.8) is 0 Å². The molecule has 104 valence electrons. The molecule has 5 nitrogen and oxygen atoms in total. The molecule has 0 saturated carbocycles. The van der Waals surface area contributed by atoms with E-state index in [-0.39, 0.29) is 18.4 Å². The number of primary amides is 1. The van der Waals surface area contributed by atoms with E-state index in [0.717, 1.165) is 18.4 Å². The molecule has 1 unspecified atom stereocenters. The predicted molar refractivity (Wildman–Crippen MR) is 75.5 cm³/mol. The second-order valence-corrected chi connectivity index (χ2v) is 4.72. The van der Waals surface area contributed by atoms with Crippen molar-refractivity contribution in [3.05, 3.63) is 29.8 Å². The zero-order valence-corrected chi connectivity index (χ0v) is 11.2. The Bertz CT molecular complexity index is 444. The predicted octanol–water partition coefficient (Wildman–Crippen LogP) is 1.17. The molecule has 0 aliphatic carbocycles. The van der Waals surface area contributed by atoms with E-state index >= 15 is 0 Å². The summed E-state index contributed by atoms with van der Waals surface area (Å²) in [7, 11) is 0. The number of anilines is 1. The molecule has 1 rings (SSSR count). The Hall–Kier alpha value is -1.88. The van der Waals surface area contributed by atoms with Crippen LogP contribution in [0.1, 0.15) is 31.7 Å². The normalized spacial score (nSPS) is 11.9. The van der Waals surface area contributed by atoms with Crippen LogP contribution >= 0.6 is 0 Å². The lowest BCUT2D eigenvalue weighted by molar-refractivity contribution is -0.118. The molecule has 0 aliphatic heterocycles. The van der Waals surface area contributed by atoms with Crippen molar-refractivity contribution >= 4 is 17.5 Å². The summed E-state index contributed by atoms with van der Waals surface area (Å²) in [5.74, 6) is -0.490. The van der Waals surface area contributed by atoms with E-state index in [1.54, 1.807) is 12.1 Å². The molecule has 2 amide bonds. The van der Waals surface area contributed by atoms with Crippen molar-refractivity contribution in [2.45, 2.75) is 38.6 Å². The molecule has 1 atom stereocenters. The minimum atomic E-state index is -0.418. The third-order valence-corrected chi connectivity index (χ3v) is 2.72. The first-order chi connectivity index (χ1) is 8.99. The number of nitrogens with two attached hydrogens (primary N) is 2. The van der Waals surface area contributed by atoms with Crippen molar-refractivity contribution in [2.24, 2.45) is 11.5 Å². The van der Waals surface area contributed by atoms with Gasteiger partial charge in [-0.1, -0.05) is 18.2 Å². The summed E-state index contributed by atoms with van der Waals surface area (Å²) in [4.78, 5) is 22.7. The van der Waals surface area contributed by atoms with Crippen LogP contribution in [-0.2, 0) is 16.0 Å². The summed E-state index contributed by atoms with van der Waals surface area (Å²) in [6, 6.07) is 7.27. The number of hydrogen-bond donors (Lipinski definition) is 3. The van der Waals surface area contributed by atoms with Gasteiger partial charge in [0.15, 0.2) is 0 Å². The van der Waals surface area contributed by atoms with Gasteiger partial charge < -0.3 is 16.8 Å². The molecule has 5 N–H and O–H groups in total. The van der Waals surface area contributed by atoms with Gasteiger partial charge in [0.05, 0.1) is 6.42 Å². The van der Waals surface area contributed by atoms with Crippen LogP contribution in [-0.4, -0.2) is 17.9 Å². The Kier molecular flexibility index (Phi) is 6.02. The van der Waals surface area contributed by atoms with Gasteiger partial charge in [-0.2, -0.15) is 0 Å². The Balaban J connectivity index is 2.56. The highest BCUT2D eigenvalue weighted by molar-refractivity contribution is 5.92. The number of carbonyl (C=O) groups excluding carboxylic acids is 2. The first-order valence-electron chi connectivity index (χ1n) is 6.40. The molecule has 0 radical (unpaired) electrons. The van der Waals surface area contributed by atoms with Gasteiger partial charge in [-0.15, -0.1) is 0 Å². The largest absolute Gasteiger partial charge is 0.369 e. The van der Waals surface area contributed by atoms with Gasteiger partial charge in [0.25, 0.3) is 0 Å². The monoisotopic (exact) mass is 263 g/mol. The van der Waals surface area contributed by atoms with E-state index in [1.807, 2.05) is 19.1 Å². The van der Waals surface area contributed by atoms with Crippen molar-refractivity contribution in [3.8, 4) is 0 Å². The third-order valence-electron chi connectivity index (χ3n) is 2.72. The Labute approximate surface area is 113 Å². The SMILES string of the molecule is CC(N)CCCC(=O)Nc1ccccc1CC(N)=O. The van der Waals surface area contributed by atoms with Crippen LogP contribution in [0.3, 0.4) is 0 Å². The smallest absolute Gasteiger partial charge is 0.224 e. The number of para-hydroxylation sites is 1. The molecule has 5 heteroatoms. The molecule has 19 heavy (non-hydrogen) atoms. The highest BCUT2D eigenvalue weighted by Gasteiger charge is 2.08. The molecule has 0 bridgehead atoms. The number of hydrogen-bond acceptors (Lipinski definition) is 3. The summed E-state index contributed by atoms with van der Waals surface area (Å²) in [6.07, 6.45) is 2.11. The number of amides is 2. The lowest BCUT2D eigenvalue weighted by Crippen LogP contribution is -2.18. The molecule has 1 aromatic carbocycles. The van der Waals surface area contributed by atoms with Crippen LogP contribution in [0.25, 0.3) is 0 Å². The summed E-state index contributed by atoms with van der Waals surface area (Å²) < 4.78 is 0. The highest BCUT2D eigenvalue weighted by Crippen LogP contribution is 2.16. The molecular weight excluding hydrogens is 242 g/mol. The van der Waals surface area contributed by atoms with Crippen molar-refractivity contribution in [2.75, 3.05) is 5.32 Å². The maximum Gasteiger partial charge on any atom is 0.224 e. The number of nitrogens with one attached hydrogen (secondary N) is 1. The second kappa shape index (κ2) is 7.53. The van der Waals surface area contributed by atoms with Crippen LogP contribution < -0.4 is 16.8 Å². The fourth-order valence-electron chi connectivity index (χ4n) is 1.78. The summed E-state index contributed by atoms with van der Waals surface area (Å²) in [6.45, 7) is 1.92. The quantitative estimate of drug-likeness (QED) is 0.688. The summed E-state index contributed by atoms with van der Waals surface area (Å²) in [5, 5.41) is 2.80. The Morgan fingerprint density at radius 3 is 2.63 bits per heavy atom. The van der Waals surface area contributed by atoms with Gasteiger partial charge in [-0.25, -0.2) is 0 Å². The molecule has 0 aliphatic rings. The standard InChI is InChI=1S/C14H21N3O2/c1-10(15)5-4-8-14(19)17-12-7-3-2-6-11(12)9-13(16)18/h2-3,6-7,10H,4-5,8-9,15H2,1H3,(H2,16,18)(H,17,19). The number of rotatable bonds is 7. The molecule has 0 aromatic heterocycles. The first kappa shape index (κ1) is 15.2. The molecule has 0 saturated heterocycles. The maximum absolute atomic E-state index is 11.8. The maximum atomic E-state index is 11.8. The highest BCUT2D eigenvalue weighted by atomic mass is 16.2. The summed E-state index contributed by atoms with van der Waals surface area (Å²) >= 11 is 0. The van der Waals surface area contributed by atoms with Gasteiger partial charge in [-0.3, -0.25) is 9.59 Å². The minimum Gasteiger partial charge on any atom is -0.369 e. The van der Waals surface area contributed by atoms with E-state index < -0.39 is 5.91 Å². The van der Waals surface area contributed by atoms with Crippen LogP contribution in [0.15, 0.2) is 24.3 Å². The fourth-order valence-corrected chi connectivity index (χ4v) is 1.78. The van der Waals surface area contributed by atoms with Crippen LogP contribution in [0.2, 0.25) is 0 Å². The topological polar surface area (TPSA) is 98.2 Å². The van der Waals surface area contributed by atoms with E-state index in [1.165, 1.54) is 0 Å². The zero-order chi connectivity index (χ0) is 14.3. The van der Waals surface area contributed by atoms with E-state index in [2.05, 4.69) is 5.32 Å². The van der Waals surface area contributed by atoms with E-state index in [0.29, 0.717) is 12.1 Å². The molecular formula is C14H21N3O2. The fraction of sp³-hybridized carbons (Fsp3) is 0.429. The number of benzene rings is 1. The van der Waals surface area contributed by atoms with Gasteiger partial charge in [0, 0.05) is 18.2 Å². The van der Waals surface area contributed by atoms with Crippen molar-refractivity contribution < 1.29 is 9.59 Å². The molecule has 0 spiro atoms. The second-order valence-electron chi connectivity index (χ2n) is 4.72. The zero-order valence-electron chi connectivity index (χ0n) is 11.2. The van der Waals surface area contributed by atoms with Gasteiger partial charge in [-0.05, 0) is 31.4 Å². The van der Waals surface area contributed by atoms with Gasteiger partial charge in [0.1, 0.15) is 0 Å². The molecule has 1 aromatic rings. The van der Waals surface area contributed by atoms with Crippen LogP contribution in [0.5, 0.6) is 0 Å². The van der Waals surface area contributed by atoms with Crippen LogP contribution in [0, 0.1) is 0 Å². The van der Waals surface area contributed by atoms with Crippen molar-refractivity contribution in [1.82, 2.24) is 0 Å². The lowest BCUT2D eigenvalue weighted by Gasteiger charge is -2.10. The minimum absolute atomic E-state index is 0.0717. The Morgan fingerprint density at radius 2 is 2.00 bits per heavy atom. The average molecular weight is 263 g/mol. The van der Waals surface area contributed by atoms with Gasteiger partial charge >= 0.3 is 0 Å². The van der Waals surface area contributed by atoms with Crippen molar-refractivity contribution in [1.29, 1.82) is 0 Å². The summed E-state index contributed by atoms with van der Waals surface area (Å²) in [5.41, 5.74) is 12.2. The number of carbonyl (C=O) groups is 2. The van der Waals surface area contributed by atoms with Crippen LogP contribution in [0.4, 0.5) is 5.69 Å². The first-order valence-corrected chi connectivity index (χ1v) is 6.40. The molecule has 0 heterocycles. The van der Waals surface area contributed by atoms with E-state index in [4.69, 9.17) is 11.5 Å².